The maximum atomic E-state index is 12.4. The van der Waals surface area contributed by atoms with Crippen LogP contribution in [0.4, 0.5) is 17.1 Å². The number of benzene rings is 2. The minimum Gasteiger partial charge on any atom is -0.497 e. The van der Waals surface area contributed by atoms with Crippen LogP contribution < -0.4 is 20.3 Å². The molecule has 1 heterocycles. The van der Waals surface area contributed by atoms with E-state index in [1.165, 1.54) is 5.56 Å². The van der Waals surface area contributed by atoms with E-state index < -0.39 is 0 Å². The molecule has 0 fully saturated rings. The number of hydrogen-bond acceptors (Lipinski definition) is 5. The van der Waals surface area contributed by atoms with Crippen LogP contribution >= 0.6 is 0 Å². The minimum atomic E-state index is -0.229. The SMILES string of the molecule is COc1ccc(CCNc2ccc(C(=O)Nc3ccc(N(C)C)cc3)nc2)cc1. The van der Waals surface area contributed by atoms with Crippen LogP contribution in [-0.2, 0) is 6.42 Å². The largest absolute Gasteiger partial charge is 0.497 e. The molecule has 3 rings (SSSR count). The highest BCUT2D eigenvalue weighted by Gasteiger charge is 2.08. The van der Waals surface area contributed by atoms with Crippen LogP contribution in [0.5, 0.6) is 5.75 Å². The summed E-state index contributed by atoms with van der Waals surface area (Å²) in [7, 11) is 5.61. The van der Waals surface area contributed by atoms with Gasteiger partial charge in [0, 0.05) is 32.0 Å². The van der Waals surface area contributed by atoms with Gasteiger partial charge >= 0.3 is 0 Å². The van der Waals surface area contributed by atoms with Crippen molar-refractivity contribution in [2.24, 2.45) is 0 Å². The molecule has 0 bridgehead atoms. The molecule has 0 aliphatic rings. The molecule has 2 N–H and O–H groups in total. The van der Waals surface area contributed by atoms with Gasteiger partial charge in [0.1, 0.15) is 11.4 Å². The lowest BCUT2D eigenvalue weighted by Crippen LogP contribution is -2.14. The van der Waals surface area contributed by atoms with Gasteiger partial charge in [0.05, 0.1) is 19.0 Å². The highest BCUT2D eigenvalue weighted by molar-refractivity contribution is 6.03. The van der Waals surface area contributed by atoms with Crippen molar-refractivity contribution in [2.45, 2.75) is 6.42 Å². The molecule has 6 heteroatoms. The Kier molecular flexibility index (Phi) is 6.68. The van der Waals surface area contributed by atoms with E-state index in [1.807, 2.05) is 61.5 Å². The molecule has 0 unspecified atom stereocenters. The van der Waals surface area contributed by atoms with Crippen LogP contribution in [-0.4, -0.2) is 38.6 Å². The fourth-order valence-corrected chi connectivity index (χ4v) is 2.81. The molecular weight excluding hydrogens is 364 g/mol. The standard InChI is InChI=1S/C23H26N4O2/c1-27(2)20-9-6-18(7-10-20)26-23(28)22-13-8-19(16-25-22)24-15-14-17-4-11-21(29-3)12-5-17/h4-13,16,24H,14-15H2,1-3H3,(H,26,28). The van der Waals surface area contributed by atoms with Gasteiger partial charge in [0.2, 0.25) is 0 Å². The Morgan fingerprint density at radius 3 is 2.24 bits per heavy atom. The number of anilines is 3. The summed E-state index contributed by atoms with van der Waals surface area (Å²) in [6.45, 7) is 0.776. The fraction of sp³-hybridized carbons (Fsp3) is 0.217. The Morgan fingerprint density at radius 2 is 1.66 bits per heavy atom. The van der Waals surface area contributed by atoms with Crippen LogP contribution in [0, 0.1) is 0 Å². The zero-order valence-electron chi connectivity index (χ0n) is 17.0. The molecule has 29 heavy (non-hydrogen) atoms. The second-order valence-corrected chi connectivity index (χ2v) is 6.85. The second kappa shape index (κ2) is 9.59. The number of nitrogens with zero attached hydrogens (tertiary/aromatic N) is 2. The summed E-state index contributed by atoms with van der Waals surface area (Å²) in [4.78, 5) is 18.7. The molecule has 0 aliphatic carbocycles. The average Bonchev–Trinajstić information content (AvgIpc) is 2.75. The number of methoxy groups -OCH3 is 1. The van der Waals surface area contributed by atoms with E-state index in [0.717, 1.165) is 35.8 Å². The molecule has 1 amide bonds. The van der Waals surface area contributed by atoms with Crippen LogP contribution in [0.3, 0.4) is 0 Å². The zero-order valence-corrected chi connectivity index (χ0v) is 17.0. The first-order valence-corrected chi connectivity index (χ1v) is 9.47. The predicted molar refractivity (Wildman–Crippen MR) is 118 cm³/mol. The third kappa shape index (κ3) is 5.72. The summed E-state index contributed by atoms with van der Waals surface area (Å²) in [5.41, 5.74) is 4.30. The van der Waals surface area contributed by atoms with E-state index in [4.69, 9.17) is 4.74 Å². The van der Waals surface area contributed by atoms with Crippen LogP contribution in [0.25, 0.3) is 0 Å². The summed E-state index contributed by atoms with van der Waals surface area (Å²) < 4.78 is 5.17. The molecule has 3 aromatic rings. The lowest BCUT2D eigenvalue weighted by Gasteiger charge is -2.13. The number of amides is 1. The van der Waals surface area contributed by atoms with Crippen molar-refractivity contribution in [2.75, 3.05) is 43.3 Å². The molecule has 0 saturated heterocycles. The topological polar surface area (TPSA) is 66.5 Å². The Balaban J connectivity index is 1.50. The van der Waals surface area contributed by atoms with Gasteiger partial charge in [0.15, 0.2) is 0 Å². The highest BCUT2D eigenvalue weighted by Crippen LogP contribution is 2.17. The van der Waals surface area contributed by atoms with Gasteiger partial charge < -0.3 is 20.3 Å². The Bertz CT molecular complexity index is 921. The van der Waals surface area contributed by atoms with Gasteiger partial charge in [-0.1, -0.05) is 12.1 Å². The lowest BCUT2D eigenvalue weighted by atomic mass is 10.1. The molecule has 0 radical (unpaired) electrons. The van der Waals surface area contributed by atoms with Crippen molar-refractivity contribution in [3.8, 4) is 5.75 Å². The maximum absolute atomic E-state index is 12.4. The highest BCUT2D eigenvalue weighted by atomic mass is 16.5. The quantitative estimate of drug-likeness (QED) is 0.607. The summed E-state index contributed by atoms with van der Waals surface area (Å²) in [6, 6.07) is 19.3. The fourth-order valence-electron chi connectivity index (χ4n) is 2.81. The van der Waals surface area contributed by atoms with Crippen LogP contribution in [0.15, 0.2) is 66.9 Å². The molecule has 2 aromatic carbocycles. The van der Waals surface area contributed by atoms with E-state index in [-0.39, 0.29) is 5.91 Å². The zero-order chi connectivity index (χ0) is 20.6. The van der Waals surface area contributed by atoms with Gasteiger partial charge in [-0.15, -0.1) is 0 Å². The minimum absolute atomic E-state index is 0.229. The first-order chi connectivity index (χ1) is 14.0. The van der Waals surface area contributed by atoms with Crippen molar-refractivity contribution >= 4 is 23.0 Å². The van der Waals surface area contributed by atoms with Gasteiger partial charge in [0.25, 0.3) is 5.91 Å². The number of hydrogen-bond donors (Lipinski definition) is 2. The average molecular weight is 390 g/mol. The second-order valence-electron chi connectivity index (χ2n) is 6.85. The number of nitrogens with one attached hydrogen (secondary N) is 2. The third-order valence-corrected chi connectivity index (χ3v) is 4.54. The van der Waals surface area contributed by atoms with Gasteiger partial charge in [-0.05, 0) is 60.5 Å². The normalized spacial score (nSPS) is 10.3. The summed E-state index contributed by atoms with van der Waals surface area (Å²) in [5, 5.41) is 6.19. The molecule has 0 spiro atoms. The number of rotatable bonds is 8. The molecule has 6 nitrogen and oxygen atoms in total. The van der Waals surface area contributed by atoms with Crippen molar-refractivity contribution in [3.63, 3.8) is 0 Å². The number of aromatic nitrogens is 1. The van der Waals surface area contributed by atoms with Crippen LogP contribution in [0.1, 0.15) is 16.1 Å². The Morgan fingerprint density at radius 1 is 0.966 bits per heavy atom. The predicted octanol–water partition coefficient (Wildman–Crippen LogP) is 4.06. The summed E-state index contributed by atoms with van der Waals surface area (Å²) in [5.74, 6) is 0.626. The van der Waals surface area contributed by atoms with E-state index in [0.29, 0.717) is 5.69 Å². The van der Waals surface area contributed by atoms with Gasteiger partial charge in [-0.2, -0.15) is 0 Å². The van der Waals surface area contributed by atoms with E-state index >= 15 is 0 Å². The Labute approximate surface area is 171 Å². The lowest BCUT2D eigenvalue weighted by molar-refractivity contribution is 0.102. The van der Waals surface area contributed by atoms with E-state index in [9.17, 15) is 4.79 Å². The summed E-state index contributed by atoms with van der Waals surface area (Å²) in [6.07, 6.45) is 2.56. The molecule has 0 atom stereocenters. The maximum Gasteiger partial charge on any atom is 0.274 e. The Hall–Kier alpha value is -3.54. The molecule has 0 saturated carbocycles. The smallest absolute Gasteiger partial charge is 0.274 e. The van der Waals surface area contributed by atoms with Crippen molar-refractivity contribution in [3.05, 3.63) is 78.1 Å². The number of pyridine rings is 1. The van der Waals surface area contributed by atoms with Crippen molar-refractivity contribution < 1.29 is 9.53 Å². The molecule has 0 aliphatic heterocycles. The monoisotopic (exact) mass is 390 g/mol. The number of ether oxygens (including phenoxy) is 1. The first kappa shape index (κ1) is 20.2. The molecule has 1 aromatic heterocycles. The van der Waals surface area contributed by atoms with E-state index in [2.05, 4.69) is 27.8 Å². The number of carbonyl (C=O) groups is 1. The molecule has 150 valence electrons. The van der Waals surface area contributed by atoms with Crippen molar-refractivity contribution in [1.29, 1.82) is 0 Å². The number of carbonyl (C=O) groups excluding carboxylic acids is 1. The van der Waals surface area contributed by atoms with Crippen molar-refractivity contribution in [1.82, 2.24) is 4.98 Å². The van der Waals surface area contributed by atoms with Gasteiger partial charge in [-0.3, -0.25) is 4.79 Å². The molecular formula is C23H26N4O2. The van der Waals surface area contributed by atoms with Crippen LogP contribution in [0.2, 0.25) is 0 Å². The van der Waals surface area contributed by atoms with Gasteiger partial charge in [-0.25, -0.2) is 4.98 Å². The summed E-state index contributed by atoms with van der Waals surface area (Å²) >= 11 is 0. The third-order valence-electron chi connectivity index (χ3n) is 4.54. The van der Waals surface area contributed by atoms with E-state index in [1.54, 1.807) is 19.4 Å². The first-order valence-electron chi connectivity index (χ1n) is 9.47.